The summed E-state index contributed by atoms with van der Waals surface area (Å²) in [6.07, 6.45) is -0.571. The van der Waals surface area contributed by atoms with E-state index in [0.29, 0.717) is 18.1 Å². The van der Waals surface area contributed by atoms with Gasteiger partial charge in [0.2, 0.25) is 0 Å². The van der Waals surface area contributed by atoms with E-state index in [9.17, 15) is 10.2 Å². The normalized spacial score (nSPS) is 25.4. The minimum Gasteiger partial charge on any atom is -0.393 e. The lowest BCUT2D eigenvalue weighted by Crippen LogP contribution is -2.36. The summed E-state index contributed by atoms with van der Waals surface area (Å²) in [7, 11) is 0. The zero-order valence-electron chi connectivity index (χ0n) is 13.8. The molecule has 138 valence electrons. The van der Waals surface area contributed by atoms with Gasteiger partial charge >= 0.3 is 0 Å². The highest BCUT2D eigenvalue weighted by Gasteiger charge is 2.42. The van der Waals surface area contributed by atoms with Gasteiger partial charge in [0.15, 0.2) is 17.9 Å². The molecule has 0 radical (unpaired) electrons. The average Bonchev–Trinajstić information content (AvgIpc) is 2.86. The lowest BCUT2D eigenvalue weighted by Gasteiger charge is -2.18. The Labute approximate surface area is 150 Å². The molecule has 0 spiro atoms. The SMILES string of the molecule is NCCCC#CCSC[C@H]1O[C@@H](Nc2ncnc(N)c2N)[C@@H](O)C1O. The van der Waals surface area contributed by atoms with Gasteiger partial charge in [-0.15, -0.1) is 17.7 Å². The lowest BCUT2D eigenvalue weighted by atomic mass is 10.1. The summed E-state index contributed by atoms with van der Waals surface area (Å²) in [6, 6.07) is 0. The largest absolute Gasteiger partial charge is 0.393 e. The molecule has 0 aromatic carbocycles. The van der Waals surface area contributed by atoms with Crippen LogP contribution in [0, 0.1) is 11.8 Å². The van der Waals surface area contributed by atoms with Crippen LogP contribution in [0.5, 0.6) is 0 Å². The fourth-order valence-electron chi connectivity index (χ4n) is 2.22. The topological polar surface area (TPSA) is 166 Å². The molecule has 1 saturated heterocycles. The number of ether oxygens (including phenoxy) is 1. The van der Waals surface area contributed by atoms with Crippen molar-refractivity contribution < 1.29 is 14.9 Å². The third-order valence-corrected chi connectivity index (χ3v) is 4.56. The number of thioether (sulfide) groups is 1. The standard InChI is InChI=1S/C15H24N6O3S/c16-5-3-1-2-4-6-25-7-9-11(22)12(23)15(24-9)21-14-10(17)13(18)19-8-20-14/h8-9,11-12,15,22-23H,1,3,5-7,16-17H2,(H3,18,19,20,21)/t9-,11?,12+,15-/m1/s1. The molecular weight excluding hydrogens is 344 g/mol. The second kappa shape index (κ2) is 9.65. The maximum atomic E-state index is 10.1. The van der Waals surface area contributed by atoms with Crippen molar-refractivity contribution in [2.24, 2.45) is 5.73 Å². The van der Waals surface area contributed by atoms with Crippen molar-refractivity contribution >= 4 is 29.1 Å². The molecule has 1 aromatic heterocycles. The number of aromatic nitrogens is 2. The van der Waals surface area contributed by atoms with E-state index >= 15 is 0 Å². The van der Waals surface area contributed by atoms with Crippen LogP contribution in [-0.2, 0) is 4.74 Å². The summed E-state index contributed by atoms with van der Waals surface area (Å²) in [6.45, 7) is 0.638. The van der Waals surface area contributed by atoms with Gasteiger partial charge < -0.3 is 37.5 Å². The van der Waals surface area contributed by atoms with Gasteiger partial charge in [0.05, 0.1) is 11.9 Å². The first-order valence-corrected chi connectivity index (χ1v) is 9.07. The number of unbranched alkanes of at least 4 members (excludes halogenated alkanes) is 1. The highest BCUT2D eigenvalue weighted by molar-refractivity contribution is 7.99. The minimum absolute atomic E-state index is 0.130. The molecule has 0 saturated carbocycles. The van der Waals surface area contributed by atoms with Crippen molar-refractivity contribution in [3.8, 4) is 11.8 Å². The molecule has 1 fully saturated rings. The van der Waals surface area contributed by atoms with Crippen LogP contribution in [0.2, 0.25) is 0 Å². The second-order valence-electron chi connectivity index (χ2n) is 5.50. The van der Waals surface area contributed by atoms with E-state index in [1.807, 2.05) is 0 Å². The van der Waals surface area contributed by atoms with Crippen molar-refractivity contribution in [3.05, 3.63) is 6.33 Å². The molecule has 2 rings (SSSR count). The van der Waals surface area contributed by atoms with Crippen LogP contribution < -0.4 is 22.5 Å². The van der Waals surface area contributed by atoms with E-state index in [1.165, 1.54) is 18.1 Å². The van der Waals surface area contributed by atoms with Crippen molar-refractivity contribution in [3.63, 3.8) is 0 Å². The van der Waals surface area contributed by atoms with Gasteiger partial charge in [0, 0.05) is 12.2 Å². The Bertz CT molecular complexity index is 623. The number of aliphatic hydroxyl groups excluding tert-OH is 2. The molecule has 1 aliphatic heterocycles. The quantitative estimate of drug-likeness (QED) is 0.259. The van der Waals surface area contributed by atoms with Gasteiger partial charge in [-0.3, -0.25) is 0 Å². The van der Waals surface area contributed by atoms with E-state index in [2.05, 4.69) is 27.1 Å². The number of nitrogens with zero attached hydrogens (tertiary/aromatic N) is 2. The van der Waals surface area contributed by atoms with E-state index in [1.54, 1.807) is 0 Å². The Morgan fingerprint density at radius 1 is 1.24 bits per heavy atom. The second-order valence-corrected chi connectivity index (χ2v) is 6.53. The number of nitrogen functional groups attached to an aromatic ring is 2. The number of nitrogens with one attached hydrogen (secondary N) is 1. The summed E-state index contributed by atoms with van der Waals surface area (Å²) >= 11 is 1.53. The molecule has 1 aliphatic rings. The lowest BCUT2D eigenvalue weighted by molar-refractivity contribution is 0.0337. The zero-order valence-corrected chi connectivity index (χ0v) is 14.6. The molecule has 2 heterocycles. The molecule has 1 unspecified atom stereocenters. The van der Waals surface area contributed by atoms with Crippen LogP contribution in [0.1, 0.15) is 12.8 Å². The van der Waals surface area contributed by atoms with Crippen LogP contribution >= 0.6 is 11.8 Å². The molecule has 10 heteroatoms. The van der Waals surface area contributed by atoms with Crippen molar-refractivity contribution in [1.29, 1.82) is 0 Å². The molecule has 0 amide bonds. The predicted molar refractivity (Wildman–Crippen MR) is 98.5 cm³/mol. The molecule has 9 nitrogen and oxygen atoms in total. The zero-order chi connectivity index (χ0) is 18.2. The fraction of sp³-hybridized carbons (Fsp3) is 0.600. The first kappa shape index (κ1) is 19.6. The van der Waals surface area contributed by atoms with E-state index in [-0.39, 0.29) is 17.3 Å². The minimum atomic E-state index is -1.11. The van der Waals surface area contributed by atoms with Crippen LogP contribution in [0.4, 0.5) is 17.3 Å². The monoisotopic (exact) mass is 368 g/mol. The van der Waals surface area contributed by atoms with Crippen LogP contribution in [0.25, 0.3) is 0 Å². The molecule has 4 atom stereocenters. The first-order chi connectivity index (χ1) is 12.0. The van der Waals surface area contributed by atoms with Crippen molar-refractivity contribution in [2.45, 2.75) is 37.4 Å². The Morgan fingerprint density at radius 3 is 2.80 bits per heavy atom. The summed E-state index contributed by atoms with van der Waals surface area (Å²) in [5, 5.41) is 23.1. The van der Waals surface area contributed by atoms with Crippen LogP contribution in [0.15, 0.2) is 6.33 Å². The number of nitrogens with two attached hydrogens (primary N) is 3. The summed E-state index contributed by atoms with van der Waals surface area (Å²) in [5.74, 6) is 7.57. The number of aliphatic hydroxyl groups is 2. The smallest absolute Gasteiger partial charge is 0.158 e. The molecule has 0 bridgehead atoms. The molecule has 25 heavy (non-hydrogen) atoms. The van der Waals surface area contributed by atoms with Crippen molar-refractivity contribution in [2.75, 3.05) is 34.8 Å². The fourth-order valence-corrected chi connectivity index (χ4v) is 3.05. The summed E-state index contributed by atoms with van der Waals surface area (Å²) in [5.41, 5.74) is 17.0. The van der Waals surface area contributed by atoms with Gasteiger partial charge in [-0.05, 0) is 13.0 Å². The Balaban J connectivity index is 1.83. The number of anilines is 3. The molecule has 1 aromatic rings. The highest BCUT2D eigenvalue weighted by Crippen LogP contribution is 2.27. The van der Waals surface area contributed by atoms with Gasteiger partial charge in [-0.25, -0.2) is 9.97 Å². The first-order valence-electron chi connectivity index (χ1n) is 7.92. The Hall–Kier alpha value is -1.77. The number of rotatable bonds is 7. The predicted octanol–water partition coefficient (Wildman–Crippen LogP) is -1.02. The third kappa shape index (κ3) is 5.35. The number of hydrogen-bond acceptors (Lipinski definition) is 10. The molecule has 9 N–H and O–H groups in total. The average molecular weight is 368 g/mol. The van der Waals surface area contributed by atoms with Gasteiger partial charge in [0.25, 0.3) is 0 Å². The van der Waals surface area contributed by atoms with Crippen LogP contribution in [-0.4, -0.2) is 62.8 Å². The molecular formula is C15H24N6O3S. The van der Waals surface area contributed by atoms with Crippen LogP contribution in [0.3, 0.4) is 0 Å². The summed E-state index contributed by atoms with van der Waals surface area (Å²) in [4.78, 5) is 7.73. The van der Waals surface area contributed by atoms with E-state index < -0.39 is 24.5 Å². The third-order valence-electron chi connectivity index (χ3n) is 3.64. The molecule has 0 aliphatic carbocycles. The Kier molecular flexibility index (Phi) is 7.54. The summed E-state index contributed by atoms with van der Waals surface area (Å²) < 4.78 is 5.68. The van der Waals surface area contributed by atoms with Crippen molar-refractivity contribution in [1.82, 2.24) is 9.97 Å². The van der Waals surface area contributed by atoms with Gasteiger partial charge in [-0.1, -0.05) is 5.92 Å². The van der Waals surface area contributed by atoms with Gasteiger partial charge in [0.1, 0.15) is 24.2 Å². The van der Waals surface area contributed by atoms with Gasteiger partial charge in [-0.2, -0.15) is 0 Å². The van der Waals surface area contributed by atoms with E-state index in [0.717, 1.165) is 12.8 Å². The Morgan fingerprint density at radius 2 is 2.04 bits per heavy atom. The maximum absolute atomic E-state index is 10.1. The maximum Gasteiger partial charge on any atom is 0.158 e. The van der Waals surface area contributed by atoms with E-state index in [4.69, 9.17) is 21.9 Å². The number of hydrogen-bond donors (Lipinski definition) is 6. The highest BCUT2D eigenvalue weighted by atomic mass is 32.2.